The lowest BCUT2D eigenvalue weighted by Crippen LogP contribution is -2.03. The number of methoxy groups -OCH3 is 1. The molecule has 0 saturated heterocycles. The topological polar surface area (TPSA) is 110 Å². The molecule has 1 aromatic heterocycles. The number of hydrogen-bond acceptors (Lipinski definition) is 7. The van der Waals surface area contributed by atoms with Crippen LogP contribution < -0.4 is 14.8 Å². The standard InChI is InChI=1S/C24H17FN4O4/c1-32-21-10-8-17-22(28-19-9-7-16(12-26)11-18(19)25)20(29(30)31)13-27-23(17)24(21)33-14-15-5-3-2-4-6-15/h2-11,13H,14H2,1H3,(H,27,28). The summed E-state index contributed by atoms with van der Waals surface area (Å²) in [5.74, 6) is -0.0187. The van der Waals surface area contributed by atoms with Crippen LogP contribution in [-0.2, 0) is 6.61 Å². The SMILES string of the molecule is COc1ccc2c(Nc3ccc(C#N)cc3F)c([N+](=O)[O-])cnc2c1OCc1ccccc1. The van der Waals surface area contributed by atoms with Crippen LogP contribution in [0.1, 0.15) is 11.1 Å². The van der Waals surface area contributed by atoms with Gasteiger partial charge in [0, 0.05) is 5.39 Å². The van der Waals surface area contributed by atoms with E-state index in [0.717, 1.165) is 17.8 Å². The summed E-state index contributed by atoms with van der Waals surface area (Å²) in [4.78, 5) is 15.3. The average molecular weight is 444 g/mol. The van der Waals surface area contributed by atoms with Gasteiger partial charge >= 0.3 is 5.69 Å². The summed E-state index contributed by atoms with van der Waals surface area (Å²) >= 11 is 0. The average Bonchev–Trinajstić information content (AvgIpc) is 2.84. The van der Waals surface area contributed by atoms with Gasteiger partial charge in [-0.3, -0.25) is 10.1 Å². The molecular weight excluding hydrogens is 427 g/mol. The maximum atomic E-state index is 14.5. The van der Waals surface area contributed by atoms with E-state index in [1.165, 1.54) is 19.2 Å². The lowest BCUT2D eigenvalue weighted by atomic mass is 10.1. The summed E-state index contributed by atoms with van der Waals surface area (Å²) in [5.41, 5.74) is 1.04. The first-order chi connectivity index (χ1) is 16.0. The Bertz CT molecular complexity index is 1390. The summed E-state index contributed by atoms with van der Waals surface area (Å²) in [6, 6.07) is 18.3. The molecule has 0 saturated carbocycles. The van der Waals surface area contributed by atoms with Gasteiger partial charge in [-0.25, -0.2) is 9.37 Å². The van der Waals surface area contributed by atoms with Crippen LogP contribution in [0, 0.1) is 27.3 Å². The fraction of sp³-hybridized carbons (Fsp3) is 0.0833. The number of halogens is 1. The van der Waals surface area contributed by atoms with E-state index in [0.29, 0.717) is 22.4 Å². The van der Waals surface area contributed by atoms with Crippen LogP contribution in [-0.4, -0.2) is 17.0 Å². The van der Waals surface area contributed by atoms with Crippen molar-refractivity contribution in [3.63, 3.8) is 0 Å². The number of nitrogens with zero attached hydrogens (tertiary/aromatic N) is 3. The second-order valence-electron chi connectivity index (χ2n) is 6.97. The molecule has 0 radical (unpaired) electrons. The minimum atomic E-state index is -0.720. The summed E-state index contributed by atoms with van der Waals surface area (Å²) in [6.07, 6.45) is 1.08. The normalized spacial score (nSPS) is 10.5. The van der Waals surface area contributed by atoms with Gasteiger partial charge in [-0.2, -0.15) is 5.26 Å². The largest absolute Gasteiger partial charge is 0.493 e. The van der Waals surface area contributed by atoms with Crippen LogP contribution in [0.25, 0.3) is 10.9 Å². The van der Waals surface area contributed by atoms with E-state index in [1.807, 2.05) is 36.4 Å². The Morgan fingerprint density at radius 1 is 1.18 bits per heavy atom. The summed E-state index contributed by atoms with van der Waals surface area (Å²) < 4.78 is 25.9. The zero-order valence-electron chi connectivity index (χ0n) is 17.4. The van der Waals surface area contributed by atoms with Crippen molar-refractivity contribution in [2.45, 2.75) is 6.61 Å². The minimum Gasteiger partial charge on any atom is -0.493 e. The predicted octanol–water partition coefficient (Wildman–Crippen LogP) is 5.48. The zero-order chi connectivity index (χ0) is 23.4. The van der Waals surface area contributed by atoms with Crippen molar-refractivity contribution >= 4 is 28.0 Å². The molecule has 164 valence electrons. The van der Waals surface area contributed by atoms with Gasteiger partial charge in [0.2, 0.25) is 0 Å². The van der Waals surface area contributed by atoms with Crippen LogP contribution in [0.5, 0.6) is 11.5 Å². The number of pyridine rings is 1. The van der Waals surface area contributed by atoms with E-state index >= 15 is 0 Å². The van der Waals surface area contributed by atoms with Crippen LogP contribution in [0.2, 0.25) is 0 Å². The number of aromatic nitrogens is 1. The van der Waals surface area contributed by atoms with E-state index in [-0.39, 0.29) is 29.2 Å². The number of hydrogen-bond donors (Lipinski definition) is 1. The first kappa shape index (κ1) is 21.5. The van der Waals surface area contributed by atoms with E-state index in [4.69, 9.17) is 14.7 Å². The van der Waals surface area contributed by atoms with Crippen LogP contribution in [0.3, 0.4) is 0 Å². The molecule has 9 heteroatoms. The highest BCUT2D eigenvalue weighted by atomic mass is 19.1. The van der Waals surface area contributed by atoms with Gasteiger partial charge in [0.15, 0.2) is 11.5 Å². The Balaban J connectivity index is 1.84. The van der Waals surface area contributed by atoms with Crippen molar-refractivity contribution < 1.29 is 18.8 Å². The molecule has 0 amide bonds. The van der Waals surface area contributed by atoms with E-state index in [1.54, 1.807) is 12.1 Å². The van der Waals surface area contributed by atoms with Crippen molar-refractivity contribution in [2.75, 3.05) is 12.4 Å². The van der Waals surface area contributed by atoms with Crippen molar-refractivity contribution in [1.29, 1.82) is 5.26 Å². The maximum Gasteiger partial charge on any atom is 0.311 e. The molecule has 0 atom stereocenters. The number of nitriles is 1. The molecule has 3 aromatic carbocycles. The predicted molar refractivity (Wildman–Crippen MR) is 120 cm³/mol. The summed E-state index contributed by atoms with van der Waals surface area (Å²) in [5, 5.41) is 23.8. The van der Waals surface area contributed by atoms with Crippen LogP contribution in [0.15, 0.2) is 66.9 Å². The van der Waals surface area contributed by atoms with Gasteiger partial charge in [-0.15, -0.1) is 0 Å². The summed E-state index contributed by atoms with van der Waals surface area (Å²) in [7, 11) is 1.48. The van der Waals surface area contributed by atoms with Gasteiger partial charge < -0.3 is 14.8 Å². The highest BCUT2D eigenvalue weighted by Crippen LogP contribution is 2.42. The number of anilines is 2. The van der Waals surface area contributed by atoms with Gasteiger partial charge in [0.05, 0.1) is 29.4 Å². The quantitative estimate of drug-likeness (QED) is 0.297. The molecule has 0 unspecified atom stereocenters. The summed E-state index contributed by atoms with van der Waals surface area (Å²) in [6.45, 7) is 0.224. The van der Waals surface area contributed by atoms with Crippen molar-refractivity contribution in [3.8, 4) is 17.6 Å². The number of rotatable bonds is 7. The van der Waals surface area contributed by atoms with E-state index in [2.05, 4.69) is 10.3 Å². The van der Waals surface area contributed by atoms with Crippen molar-refractivity contribution in [3.05, 3.63) is 93.9 Å². The second-order valence-corrected chi connectivity index (χ2v) is 6.97. The molecule has 33 heavy (non-hydrogen) atoms. The van der Waals surface area contributed by atoms with Crippen molar-refractivity contribution in [1.82, 2.24) is 4.98 Å². The van der Waals surface area contributed by atoms with Gasteiger partial charge in [-0.05, 0) is 35.9 Å². The highest BCUT2D eigenvalue weighted by Gasteiger charge is 2.23. The van der Waals surface area contributed by atoms with E-state index < -0.39 is 10.7 Å². The lowest BCUT2D eigenvalue weighted by Gasteiger charge is -2.16. The molecule has 1 heterocycles. The molecule has 0 fully saturated rings. The number of ether oxygens (including phenoxy) is 2. The maximum absolute atomic E-state index is 14.5. The molecule has 0 aliphatic rings. The Hall–Kier alpha value is -4.71. The molecule has 0 bridgehead atoms. The Morgan fingerprint density at radius 2 is 1.97 bits per heavy atom. The van der Waals surface area contributed by atoms with Crippen molar-refractivity contribution in [2.24, 2.45) is 0 Å². The number of nitrogens with one attached hydrogen (secondary N) is 1. The molecule has 4 aromatic rings. The van der Waals surface area contributed by atoms with E-state index in [9.17, 15) is 14.5 Å². The molecule has 0 aliphatic carbocycles. The molecule has 4 rings (SSSR count). The first-order valence-corrected chi connectivity index (χ1v) is 9.79. The molecule has 1 N–H and O–H groups in total. The molecule has 0 spiro atoms. The molecule has 8 nitrogen and oxygen atoms in total. The smallest absolute Gasteiger partial charge is 0.311 e. The number of fused-ring (bicyclic) bond motifs is 1. The molecule has 0 aliphatic heterocycles. The fourth-order valence-electron chi connectivity index (χ4n) is 3.33. The Kier molecular flexibility index (Phi) is 6.00. The third-order valence-electron chi connectivity index (χ3n) is 4.94. The fourth-order valence-corrected chi connectivity index (χ4v) is 3.33. The lowest BCUT2D eigenvalue weighted by molar-refractivity contribution is -0.384. The van der Waals surface area contributed by atoms with Gasteiger partial charge in [0.25, 0.3) is 0 Å². The monoisotopic (exact) mass is 444 g/mol. The molecular formula is C24H17FN4O4. The first-order valence-electron chi connectivity index (χ1n) is 9.79. The number of nitro groups is 1. The van der Waals surface area contributed by atoms with Crippen LogP contribution >= 0.6 is 0 Å². The minimum absolute atomic E-state index is 0.0211. The third-order valence-corrected chi connectivity index (χ3v) is 4.94. The number of benzene rings is 3. The van der Waals surface area contributed by atoms with Crippen LogP contribution in [0.4, 0.5) is 21.5 Å². The Labute approximate surface area is 188 Å². The van der Waals surface area contributed by atoms with Gasteiger partial charge in [0.1, 0.15) is 29.8 Å². The third kappa shape index (κ3) is 4.36. The highest BCUT2D eigenvalue weighted by molar-refractivity contribution is 6.01. The second kappa shape index (κ2) is 9.20. The Morgan fingerprint density at radius 3 is 2.64 bits per heavy atom. The zero-order valence-corrected chi connectivity index (χ0v) is 17.4. The van der Waals surface area contributed by atoms with Gasteiger partial charge in [-0.1, -0.05) is 30.3 Å².